The number of likely N-dealkylation sites (tertiary alicyclic amines) is 1. The molecule has 2 fully saturated rings. The minimum absolute atomic E-state index is 0.156. The molecule has 1 aromatic carbocycles. The summed E-state index contributed by atoms with van der Waals surface area (Å²) in [7, 11) is 0. The Morgan fingerprint density at radius 3 is 2.53 bits per heavy atom. The highest BCUT2D eigenvalue weighted by Gasteiger charge is 2.35. The summed E-state index contributed by atoms with van der Waals surface area (Å²) in [6, 6.07) is 4.90. The molecule has 2 amide bonds. The fraction of sp³-hybridized carbons (Fsp3) is 0.435. The molecule has 34 heavy (non-hydrogen) atoms. The van der Waals surface area contributed by atoms with Gasteiger partial charge in [0.25, 0.3) is 0 Å². The number of aromatic nitrogens is 2. The van der Waals surface area contributed by atoms with Crippen molar-refractivity contribution < 1.29 is 23.5 Å². The third kappa shape index (κ3) is 5.97. The van der Waals surface area contributed by atoms with E-state index in [1.807, 2.05) is 10.2 Å². The molecule has 4 N–H and O–H groups in total. The van der Waals surface area contributed by atoms with E-state index in [2.05, 4.69) is 9.97 Å². The van der Waals surface area contributed by atoms with Crippen LogP contribution in [0.5, 0.6) is 6.01 Å². The van der Waals surface area contributed by atoms with E-state index in [4.69, 9.17) is 20.6 Å². The van der Waals surface area contributed by atoms with Gasteiger partial charge >= 0.3 is 12.1 Å². The van der Waals surface area contributed by atoms with Crippen LogP contribution in [0.2, 0.25) is 0 Å². The number of guanidine groups is 1. The van der Waals surface area contributed by atoms with E-state index in [1.54, 1.807) is 12.1 Å². The van der Waals surface area contributed by atoms with Gasteiger partial charge in [-0.1, -0.05) is 18.2 Å². The number of nitrogens with two attached hydrogens (primary N) is 1. The first-order chi connectivity index (χ1) is 16.4. The fourth-order valence-electron chi connectivity index (χ4n) is 3.83. The number of piperidine rings is 1. The van der Waals surface area contributed by atoms with Gasteiger partial charge in [0.2, 0.25) is 5.91 Å². The molecule has 0 spiro atoms. The van der Waals surface area contributed by atoms with Crippen LogP contribution in [0.4, 0.5) is 9.18 Å². The Morgan fingerprint density at radius 2 is 1.88 bits per heavy atom. The van der Waals surface area contributed by atoms with Gasteiger partial charge < -0.3 is 20.1 Å². The Bertz CT molecular complexity index is 1050. The molecule has 1 aliphatic heterocycles. The lowest BCUT2D eigenvalue weighted by molar-refractivity contribution is -0.134. The summed E-state index contributed by atoms with van der Waals surface area (Å²) in [5.41, 5.74) is 5.92. The number of hydrogen-bond donors (Lipinski definition) is 3. The average Bonchev–Trinajstić information content (AvgIpc) is 3.68. The molecule has 10 nitrogen and oxygen atoms in total. The maximum absolute atomic E-state index is 14.9. The molecular formula is C23H27FN6O4. The molecule has 1 aliphatic carbocycles. The number of nitrogens with one attached hydrogen (secondary N) is 2. The number of benzene rings is 1. The zero-order valence-corrected chi connectivity index (χ0v) is 18.6. The normalized spacial score (nSPS) is 16.1. The van der Waals surface area contributed by atoms with Gasteiger partial charge in [-0.25, -0.2) is 19.2 Å². The number of rotatable bonds is 7. The number of amides is 2. The van der Waals surface area contributed by atoms with Crippen molar-refractivity contribution in [3.05, 3.63) is 42.0 Å². The van der Waals surface area contributed by atoms with Crippen molar-refractivity contribution in [3.8, 4) is 17.1 Å². The van der Waals surface area contributed by atoms with Gasteiger partial charge in [-0.3, -0.25) is 15.5 Å². The van der Waals surface area contributed by atoms with Gasteiger partial charge in [-0.2, -0.15) is 0 Å². The van der Waals surface area contributed by atoms with Crippen molar-refractivity contribution in [2.45, 2.75) is 32.3 Å². The molecular weight excluding hydrogens is 443 g/mol. The number of hydrogen-bond acceptors (Lipinski definition) is 7. The number of carbonyl (C=O) groups is 2. The van der Waals surface area contributed by atoms with Gasteiger partial charge in [0.15, 0.2) is 5.96 Å². The Hall–Kier alpha value is -3.76. The van der Waals surface area contributed by atoms with Crippen molar-refractivity contribution in [2.24, 2.45) is 17.6 Å². The first-order valence-corrected chi connectivity index (χ1v) is 11.2. The highest BCUT2D eigenvalue weighted by atomic mass is 19.1. The second-order valence-corrected chi connectivity index (χ2v) is 8.50. The standard InChI is InChI=1S/C23H27FN6O4/c24-19-16(13-34-23(32)29-21(25)26)2-1-3-18(19)17-10-27-22(28-11-17)33-12-14-6-8-30(9-7-14)20(31)15-4-5-15/h1-3,10-11,14-15H,4-9,12-13H2,(H4,25,26,29,32). The number of alkyl carbamates (subject to hydrolysis) is 1. The molecule has 2 aliphatic rings. The third-order valence-electron chi connectivity index (χ3n) is 5.91. The summed E-state index contributed by atoms with van der Waals surface area (Å²) < 4.78 is 25.5. The molecule has 1 saturated heterocycles. The minimum Gasteiger partial charge on any atom is -0.463 e. The van der Waals surface area contributed by atoms with Crippen LogP contribution in [0.3, 0.4) is 0 Å². The van der Waals surface area contributed by atoms with E-state index in [0.29, 0.717) is 24.0 Å². The highest BCUT2D eigenvalue weighted by Crippen LogP contribution is 2.32. The Labute approximate surface area is 196 Å². The molecule has 1 aromatic heterocycles. The van der Waals surface area contributed by atoms with Gasteiger partial charge in [-0.15, -0.1) is 0 Å². The second kappa shape index (κ2) is 10.4. The largest absolute Gasteiger partial charge is 0.463 e. The Balaban J connectivity index is 1.29. The first kappa shape index (κ1) is 23.4. The van der Waals surface area contributed by atoms with Crippen molar-refractivity contribution in [2.75, 3.05) is 19.7 Å². The fourth-order valence-corrected chi connectivity index (χ4v) is 3.83. The number of ether oxygens (including phenoxy) is 2. The highest BCUT2D eigenvalue weighted by molar-refractivity contribution is 5.90. The summed E-state index contributed by atoms with van der Waals surface area (Å²) in [6.07, 6.45) is 5.84. The summed E-state index contributed by atoms with van der Waals surface area (Å²) >= 11 is 0. The van der Waals surface area contributed by atoms with Gasteiger partial charge in [0, 0.05) is 48.1 Å². The summed E-state index contributed by atoms with van der Waals surface area (Å²) in [6.45, 7) is 1.66. The quantitative estimate of drug-likeness (QED) is 0.416. The van der Waals surface area contributed by atoms with Crippen LogP contribution in [0.15, 0.2) is 30.6 Å². The van der Waals surface area contributed by atoms with Crippen molar-refractivity contribution in [3.63, 3.8) is 0 Å². The van der Waals surface area contributed by atoms with Crippen LogP contribution < -0.4 is 15.8 Å². The molecule has 2 aromatic rings. The van der Waals surface area contributed by atoms with Crippen molar-refractivity contribution in [1.29, 1.82) is 5.41 Å². The number of carbonyl (C=O) groups excluding carboxylic acids is 2. The van der Waals surface area contributed by atoms with Crippen LogP contribution in [0, 0.1) is 23.1 Å². The van der Waals surface area contributed by atoms with Crippen molar-refractivity contribution >= 4 is 18.0 Å². The molecule has 2 heterocycles. The molecule has 0 atom stereocenters. The van der Waals surface area contributed by atoms with E-state index >= 15 is 0 Å². The van der Waals surface area contributed by atoms with E-state index in [-0.39, 0.29) is 29.7 Å². The molecule has 0 bridgehead atoms. The summed E-state index contributed by atoms with van der Waals surface area (Å²) in [4.78, 5) is 34.0. The number of halogens is 1. The van der Waals surface area contributed by atoms with Crippen LogP contribution in [0.25, 0.3) is 11.1 Å². The van der Waals surface area contributed by atoms with Crippen LogP contribution in [-0.4, -0.2) is 52.5 Å². The number of nitrogens with zero attached hydrogens (tertiary/aromatic N) is 3. The third-order valence-corrected chi connectivity index (χ3v) is 5.91. The maximum atomic E-state index is 14.9. The molecule has 1 saturated carbocycles. The smallest absolute Gasteiger partial charge is 0.414 e. The summed E-state index contributed by atoms with van der Waals surface area (Å²) in [5, 5.41) is 8.96. The lowest BCUT2D eigenvalue weighted by atomic mass is 9.97. The van der Waals surface area contributed by atoms with Gasteiger partial charge in [0.1, 0.15) is 12.4 Å². The molecule has 4 rings (SSSR count). The van der Waals surface area contributed by atoms with Gasteiger partial charge in [-0.05, 0) is 31.6 Å². The SMILES string of the molecule is N=C(N)NC(=O)OCc1cccc(-c2cnc(OCC3CCN(C(=O)C4CC4)CC3)nc2)c1F. The van der Waals surface area contributed by atoms with Crippen LogP contribution in [0.1, 0.15) is 31.2 Å². The van der Waals surface area contributed by atoms with E-state index < -0.39 is 17.9 Å². The lowest BCUT2D eigenvalue weighted by Gasteiger charge is -2.31. The molecule has 0 radical (unpaired) electrons. The van der Waals surface area contributed by atoms with E-state index in [9.17, 15) is 14.0 Å². The van der Waals surface area contributed by atoms with E-state index in [0.717, 1.165) is 38.8 Å². The average molecular weight is 471 g/mol. The van der Waals surface area contributed by atoms with E-state index in [1.165, 1.54) is 18.5 Å². The molecule has 180 valence electrons. The molecule has 11 heteroatoms. The second-order valence-electron chi connectivity index (χ2n) is 8.50. The maximum Gasteiger partial charge on any atom is 0.414 e. The lowest BCUT2D eigenvalue weighted by Crippen LogP contribution is -2.40. The Morgan fingerprint density at radius 1 is 1.18 bits per heavy atom. The van der Waals surface area contributed by atoms with Crippen molar-refractivity contribution in [1.82, 2.24) is 20.2 Å². The molecule has 0 unspecified atom stereocenters. The minimum atomic E-state index is -0.942. The predicted molar refractivity (Wildman–Crippen MR) is 120 cm³/mol. The monoisotopic (exact) mass is 470 g/mol. The zero-order chi connectivity index (χ0) is 24.1. The predicted octanol–water partition coefficient (Wildman–Crippen LogP) is 2.43. The summed E-state index contributed by atoms with van der Waals surface area (Å²) in [5.74, 6) is -0.249. The topological polar surface area (TPSA) is 144 Å². The van der Waals surface area contributed by atoms with Gasteiger partial charge in [0.05, 0.1) is 6.61 Å². The zero-order valence-electron chi connectivity index (χ0n) is 18.6. The van der Waals surface area contributed by atoms with Crippen LogP contribution >= 0.6 is 0 Å². The Kier molecular flexibility index (Phi) is 7.19. The first-order valence-electron chi connectivity index (χ1n) is 11.2. The van der Waals surface area contributed by atoms with Crippen LogP contribution in [-0.2, 0) is 16.1 Å².